The van der Waals surface area contributed by atoms with Crippen molar-refractivity contribution >= 4 is 0 Å². The normalized spacial score (nSPS) is 9.10. The molecule has 2 nitrogen and oxygen atoms in total. The summed E-state index contributed by atoms with van der Waals surface area (Å²) in [7, 11) is 0. The molecule has 1 rings (SSSR count). The van der Waals surface area contributed by atoms with Gasteiger partial charge in [0.15, 0.2) is 0 Å². The predicted octanol–water partition coefficient (Wildman–Crippen LogP) is 1.40. The molecule has 0 saturated heterocycles. The molecule has 1 radical (unpaired) electrons. The van der Waals surface area contributed by atoms with Crippen LogP contribution in [-0.2, 0) is 20.4 Å². The monoisotopic (exact) mass is 308 g/mol. The topological polar surface area (TPSA) is 25.8 Å². The molecule has 0 aliphatic rings. The fraction of sp³-hybridized carbons (Fsp3) is 0.429. The molecule has 0 fully saturated rings. The first kappa shape index (κ1) is 9.74. The van der Waals surface area contributed by atoms with E-state index in [2.05, 4.69) is 29.9 Å². The van der Waals surface area contributed by atoms with Crippen molar-refractivity contribution in [3.05, 3.63) is 24.3 Å². The van der Waals surface area contributed by atoms with Crippen LogP contribution in [-0.4, -0.2) is 9.97 Å². The number of hydrogen-bond acceptors (Lipinski definition) is 2. The number of hydrogen-bond donors (Lipinski definition) is 0. The summed E-state index contributed by atoms with van der Waals surface area (Å²) in [6, 6.07) is 2.77. The van der Waals surface area contributed by atoms with Crippen molar-refractivity contribution in [3.63, 3.8) is 0 Å². The zero-order valence-corrected chi connectivity index (χ0v) is 8.72. The summed E-state index contributed by atoms with van der Waals surface area (Å²) in [5.74, 6) is 1.30. The van der Waals surface area contributed by atoms with Crippen LogP contribution in [0.2, 0.25) is 0 Å². The summed E-state index contributed by atoms with van der Waals surface area (Å²) < 4.78 is 0. The molecular formula is C7H9N2Re-. The first-order valence-electron chi connectivity index (χ1n) is 2.98. The molecule has 0 saturated carbocycles. The van der Waals surface area contributed by atoms with Crippen LogP contribution >= 0.6 is 0 Å². The Morgan fingerprint density at radius 3 is 2.10 bits per heavy atom. The third kappa shape index (κ3) is 2.55. The molecule has 1 aromatic heterocycles. The molecule has 0 N–H and O–H groups in total. The van der Waals surface area contributed by atoms with Gasteiger partial charge in [-0.25, -0.2) is 0 Å². The van der Waals surface area contributed by atoms with Gasteiger partial charge in [0.25, 0.3) is 0 Å². The van der Waals surface area contributed by atoms with Crippen LogP contribution in [0.5, 0.6) is 0 Å². The van der Waals surface area contributed by atoms with Gasteiger partial charge in [0.1, 0.15) is 5.82 Å². The van der Waals surface area contributed by atoms with Crippen molar-refractivity contribution in [2.45, 2.75) is 19.8 Å². The second-order valence-electron chi connectivity index (χ2n) is 2.20. The molecule has 0 atom stereocenters. The van der Waals surface area contributed by atoms with E-state index in [1.165, 1.54) is 0 Å². The van der Waals surface area contributed by atoms with Crippen molar-refractivity contribution in [2.75, 3.05) is 0 Å². The van der Waals surface area contributed by atoms with Crippen molar-refractivity contribution in [2.24, 2.45) is 0 Å². The number of nitrogens with zero attached hydrogens (tertiary/aromatic N) is 2. The van der Waals surface area contributed by atoms with Crippen molar-refractivity contribution in [1.29, 1.82) is 0 Å². The van der Waals surface area contributed by atoms with Gasteiger partial charge in [-0.05, 0) is 0 Å². The van der Waals surface area contributed by atoms with Gasteiger partial charge >= 0.3 is 0 Å². The van der Waals surface area contributed by atoms with Gasteiger partial charge in [0.05, 0.1) is 0 Å². The Morgan fingerprint density at radius 2 is 1.80 bits per heavy atom. The second kappa shape index (κ2) is 4.54. The summed E-state index contributed by atoms with van der Waals surface area (Å²) in [6.45, 7) is 4.13. The summed E-state index contributed by atoms with van der Waals surface area (Å²) in [5.41, 5.74) is 0. The molecule has 0 unspecified atom stereocenters. The van der Waals surface area contributed by atoms with Crippen LogP contribution in [0.15, 0.2) is 12.4 Å². The molecular weight excluding hydrogens is 298 g/mol. The van der Waals surface area contributed by atoms with Gasteiger partial charge in [-0.2, -0.15) is 0 Å². The third-order valence-electron chi connectivity index (χ3n) is 1.06. The summed E-state index contributed by atoms with van der Waals surface area (Å²) >= 11 is 0. The molecule has 0 aliphatic carbocycles. The smallest absolute Gasteiger partial charge is 0.124 e. The van der Waals surface area contributed by atoms with Crippen LogP contribution in [0.1, 0.15) is 25.6 Å². The Balaban J connectivity index is 0.000000810. The molecule has 0 aliphatic heterocycles. The van der Waals surface area contributed by atoms with E-state index in [1.807, 2.05) is 0 Å². The molecule has 3 heteroatoms. The van der Waals surface area contributed by atoms with Gasteiger partial charge in [0, 0.05) is 26.3 Å². The minimum absolute atomic E-state index is 0. The van der Waals surface area contributed by atoms with E-state index in [-0.39, 0.29) is 20.4 Å². The molecule has 0 spiro atoms. The maximum absolute atomic E-state index is 4.01. The van der Waals surface area contributed by atoms with E-state index in [0.717, 1.165) is 5.82 Å². The van der Waals surface area contributed by atoms with E-state index in [4.69, 9.17) is 0 Å². The van der Waals surface area contributed by atoms with E-state index in [1.54, 1.807) is 12.4 Å². The van der Waals surface area contributed by atoms with Crippen LogP contribution < -0.4 is 0 Å². The van der Waals surface area contributed by atoms with Crippen LogP contribution in [0.4, 0.5) is 0 Å². The van der Waals surface area contributed by atoms with Gasteiger partial charge < -0.3 is 6.07 Å². The van der Waals surface area contributed by atoms with E-state index in [9.17, 15) is 0 Å². The first-order chi connectivity index (χ1) is 4.30. The standard InChI is InChI=1S/C7H9N2.Re/c1-6(2)7-8-4-3-5-9-7;/h4-6H,1-2H3;/q-1;. The summed E-state index contributed by atoms with van der Waals surface area (Å²) in [6.07, 6.45) is 3.28. The molecule has 0 amide bonds. The zero-order valence-electron chi connectivity index (χ0n) is 6.00. The molecule has 10 heavy (non-hydrogen) atoms. The molecule has 0 bridgehead atoms. The van der Waals surface area contributed by atoms with E-state index in [0.29, 0.717) is 5.92 Å². The molecule has 1 aromatic rings. The Kier molecular flexibility index (Phi) is 4.42. The molecule has 55 valence electrons. The molecule has 0 aromatic carbocycles. The minimum atomic E-state index is 0. The average molecular weight is 307 g/mol. The van der Waals surface area contributed by atoms with Crippen molar-refractivity contribution in [3.8, 4) is 0 Å². The zero-order chi connectivity index (χ0) is 6.69. The first-order valence-corrected chi connectivity index (χ1v) is 2.98. The second-order valence-corrected chi connectivity index (χ2v) is 2.20. The molecule has 1 heterocycles. The fourth-order valence-electron chi connectivity index (χ4n) is 0.572. The largest absolute Gasteiger partial charge is 0.434 e. The Morgan fingerprint density at radius 1 is 1.30 bits per heavy atom. The van der Waals surface area contributed by atoms with E-state index >= 15 is 0 Å². The van der Waals surface area contributed by atoms with Gasteiger partial charge in [-0.1, -0.05) is 13.8 Å². The summed E-state index contributed by atoms with van der Waals surface area (Å²) in [4.78, 5) is 8.02. The van der Waals surface area contributed by atoms with E-state index < -0.39 is 0 Å². The number of aromatic nitrogens is 2. The predicted molar refractivity (Wildman–Crippen MR) is 35.0 cm³/mol. The minimum Gasteiger partial charge on any atom is -0.434 e. The Hall–Kier alpha value is -0.258. The Bertz CT molecular complexity index is 174. The SMILES string of the molecule is CC(C)c1nc[c-]cn1.[Re]. The van der Waals surface area contributed by atoms with Gasteiger partial charge in [-0.15, -0.1) is 12.4 Å². The summed E-state index contributed by atoms with van der Waals surface area (Å²) in [5, 5.41) is 0. The van der Waals surface area contributed by atoms with Crippen LogP contribution in [0.3, 0.4) is 0 Å². The van der Waals surface area contributed by atoms with Crippen molar-refractivity contribution in [1.82, 2.24) is 9.97 Å². The van der Waals surface area contributed by atoms with Crippen LogP contribution in [0, 0.1) is 6.07 Å². The Labute approximate surface area is 74.7 Å². The maximum atomic E-state index is 4.01. The maximum Gasteiger partial charge on any atom is 0.124 e. The van der Waals surface area contributed by atoms with Gasteiger partial charge in [0.2, 0.25) is 0 Å². The fourth-order valence-corrected chi connectivity index (χ4v) is 0.572. The quantitative estimate of drug-likeness (QED) is 0.733. The van der Waals surface area contributed by atoms with Gasteiger partial charge in [-0.3, -0.25) is 9.97 Å². The number of rotatable bonds is 1. The average Bonchev–Trinajstić information content (AvgIpc) is 1.90. The third-order valence-corrected chi connectivity index (χ3v) is 1.06. The van der Waals surface area contributed by atoms with Crippen LogP contribution in [0.25, 0.3) is 0 Å². The van der Waals surface area contributed by atoms with Crippen molar-refractivity contribution < 1.29 is 20.4 Å².